The minimum Gasteiger partial charge on any atom is -0.378 e. The van der Waals surface area contributed by atoms with Gasteiger partial charge >= 0.3 is 0 Å². The molecule has 0 amide bonds. The quantitative estimate of drug-likeness (QED) is 0.597. The Morgan fingerprint density at radius 3 is 2.85 bits per heavy atom. The number of nitro groups is 1. The summed E-state index contributed by atoms with van der Waals surface area (Å²) in [4.78, 5) is 10.8. The Balaban J connectivity index is 1.76. The molecular formula is C21H24N2O3. The highest BCUT2D eigenvalue weighted by Gasteiger charge is 2.40. The number of hydrogen-bond acceptors (Lipinski definition) is 4. The number of anilines is 1. The SMILES string of the molecule is CC(C)c1ccc2c(c1)C1OCCCC1C(c1cccc([N+](=O)[O-])c1)N2. The van der Waals surface area contributed by atoms with Gasteiger partial charge in [-0.3, -0.25) is 10.1 Å². The van der Waals surface area contributed by atoms with Crippen molar-refractivity contribution in [1.29, 1.82) is 0 Å². The van der Waals surface area contributed by atoms with Crippen molar-refractivity contribution in [3.05, 3.63) is 69.3 Å². The van der Waals surface area contributed by atoms with Crippen molar-refractivity contribution in [2.24, 2.45) is 5.92 Å². The van der Waals surface area contributed by atoms with Gasteiger partial charge in [0.25, 0.3) is 5.69 Å². The van der Waals surface area contributed by atoms with Crippen molar-refractivity contribution < 1.29 is 9.66 Å². The zero-order valence-corrected chi connectivity index (χ0v) is 15.1. The molecule has 4 rings (SSSR count). The Bertz CT molecular complexity index is 834. The molecule has 5 heteroatoms. The van der Waals surface area contributed by atoms with E-state index >= 15 is 0 Å². The Hall–Kier alpha value is -2.40. The first kappa shape index (κ1) is 17.0. The number of non-ortho nitro benzene ring substituents is 1. The average Bonchev–Trinajstić information content (AvgIpc) is 2.67. The third-order valence-corrected chi connectivity index (χ3v) is 5.60. The molecular weight excluding hydrogens is 328 g/mol. The Labute approximate surface area is 153 Å². The lowest BCUT2D eigenvalue weighted by atomic mass is 9.77. The highest BCUT2D eigenvalue weighted by Crippen LogP contribution is 2.49. The van der Waals surface area contributed by atoms with Gasteiger partial charge in [0, 0.05) is 35.9 Å². The van der Waals surface area contributed by atoms with E-state index in [0.29, 0.717) is 5.92 Å². The zero-order valence-electron chi connectivity index (χ0n) is 15.1. The summed E-state index contributed by atoms with van der Waals surface area (Å²) >= 11 is 0. The summed E-state index contributed by atoms with van der Waals surface area (Å²) in [6.45, 7) is 5.17. The molecule has 0 radical (unpaired) electrons. The standard InChI is InChI=1S/C21H24N2O3/c1-13(2)14-8-9-19-18(12-14)21-17(7-4-10-26-21)20(22-19)15-5-3-6-16(11-15)23(24)25/h3,5-6,8-9,11-13,17,20-22H,4,7,10H2,1-2H3. The van der Waals surface area contributed by atoms with Crippen LogP contribution in [-0.4, -0.2) is 11.5 Å². The van der Waals surface area contributed by atoms with E-state index in [0.717, 1.165) is 30.7 Å². The normalized spacial score (nSPS) is 24.5. The van der Waals surface area contributed by atoms with Crippen LogP contribution in [0, 0.1) is 16.0 Å². The Morgan fingerprint density at radius 2 is 2.08 bits per heavy atom. The third kappa shape index (κ3) is 2.97. The molecule has 2 heterocycles. The Kier molecular flexibility index (Phi) is 4.41. The molecule has 2 aromatic carbocycles. The van der Waals surface area contributed by atoms with Gasteiger partial charge in [0.2, 0.25) is 0 Å². The monoisotopic (exact) mass is 352 g/mol. The summed E-state index contributed by atoms with van der Waals surface area (Å²) < 4.78 is 6.20. The molecule has 1 fully saturated rings. The topological polar surface area (TPSA) is 64.4 Å². The van der Waals surface area contributed by atoms with Gasteiger partial charge in [-0.1, -0.05) is 38.1 Å². The number of nitrogens with zero attached hydrogens (tertiary/aromatic N) is 1. The fourth-order valence-electron chi connectivity index (χ4n) is 4.21. The van der Waals surface area contributed by atoms with Crippen LogP contribution in [-0.2, 0) is 4.74 Å². The first-order chi connectivity index (χ1) is 12.5. The van der Waals surface area contributed by atoms with E-state index in [1.165, 1.54) is 11.1 Å². The first-order valence-corrected chi connectivity index (χ1v) is 9.31. The van der Waals surface area contributed by atoms with Gasteiger partial charge in [0.1, 0.15) is 0 Å². The number of nitro benzene ring substituents is 1. The van der Waals surface area contributed by atoms with E-state index in [1.807, 2.05) is 6.07 Å². The van der Waals surface area contributed by atoms with Crippen molar-refractivity contribution in [2.75, 3.05) is 11.9 Å². The maximum absolute atomic E-state index is 11.2. The number of nitrogens with one attached hydrogen (secondary N) is 1. The fourth-order valence-corrected chi connectivity index (χ4v) is 4.21. The van der Waals surface area contributed by atoms with Gasteiger partial charge in [-0.05, 0) is 36.0 Å². The lowest BCUT2D eigenvalue weighted by Gasteiger charge is -2.43. The average molecular weight is 352 g/mol. The number of hydrogen-bond donors (Lipinski definition) is 1. The van der Waals surface area contributed by atoms with Crippen LogP contribution in [0.1, 0.15) is 61.4 Å². The molecule has 2 aliphatic heterocycles. The number of ether oxygens (including phenoxy) is 1. The van der Waals surface area contributed by atoms with Crippen molar-refractivity contribution >= 4 is 11.4 Å². The van der Waals surface area contributed by atoms with Gasteiger partial charge in [-0.25, -0.2) is 0 Å². The summed E-state index contributed by atoms with van der Waals surface area (Å²) in [5.74, 6) is 0.748. The van der Waals surface area contributed by atoms with Crippen LogP contribution in [0.25, 0.3) is 0 Å². The zero-order chi connectivity index (χ0) is 18.3. The second kappa shape index (κ2) is 6.72. The molecule has 0 bridgehead atoms. The van der Waals surface area contributed by atoms with E-state index in [1.54, 1.807) is 18.2 Å². The fraction of sp³-hybridized carbons (Fsp3) is 0.429. The van der Waals surface area contributed by atoms with Crippen molar-refractivity contribution in [3.63, 3.8) is 0 Å². The van der Waals surface area contributed by atoms with E-state index in [4.69, 9.17) is 4.74 Å². The predicted molar refractivity (Wildman–Crippen MR) is 101 cm³/mol. The highest BCUT2D eigenvalue weighted by atomic mass is 16.6. The number of benzene rings is 2. The molecule has 136 valence electrons. The first-order valence-electron chi connectivity index (χ1n) is 9.31. The maximum Gasteiger partial charge on any atom is 0.269 e. The van der Waals surface area contributed by atoms with Crippen LogP contribution in [0.5, 0.6) is 0 Å². The number of fused-ring (bicyclic) bond motifs is 3. The van der Waals surface area contributed by atoms with Crippen LogP contribution < -0.4 is 5.32 Å². The van der Waals surface area contributed by atoms with Crippen molar-refractivity contribution in [3.8, 4) is 0 Å². The Morgan fingerprint density at radius 1 is 1.23 bits per heavy atom. The summed E-state index contributed by atoms with van der Waals surface area (Å²) in [6, 6.07) is 13.6. The molecule has 1 N–H and O–H groups in total. The predicted octanol–water partition coefficient (Wildman–Crippen LogP) is 5.35. The van der Waals surface area contributed by atoms with Gasteiger partial charge in [-0.2, -0.15) is 0 Å². The van der Waals surface area contributed by atoms with Gasteiger partial charge in [0.15, 0.2) is 0 Å². The summed E-state index contributed by atoms with van der Waals surface area (Å²) in [6.07, 6.45) is 2.12. The molecule has 0 aliphatic carbocycles. The van der Waals surface area contributed by atoms with Crippen molar-refractivity contribution in [2.45, 2.75) is 44.8 Å². The van der Waals surface area contributed by atoms with Crippen LogP contribution in [0.3, 0.4) is 0 Å². The molecule has 2 aliphatic rings. The molecule has 0 aromatic heterocycles. The second-order valence-electron chi connectivity index (χ2n) is 7.57. The second-order valence-corrected chi connectivity index (χ2v) is 7.57. The lowest BCUT2D eigenvalue weighted by Crippen LogP contribution is -2.36. The minimum absolute atomic E-state index is 0.0256. The van der Waals surface area contributed by atoms with Crippen molar-refractivity contribution in [1.82, 2.24) is 0 Å². The molecule has 3 atom stereocenters. The van der Waals surface area contributed by atoms with E-state index < -0.39 is 0 Å². The van der Waals surface area contributed by atoms with E-state index in [2.05, 4.69) is 37.4 Å². The minimum atomic E-state index is -0.329. The molecule has 5 nitrogen and oxygen atoms in total. The molecule has 1 saturated heterocycles. The highest BCUT2D eigenvalue weighted by molar-refractivity contribution is 5.59. The molecule has 3 unspecified atom stereocenters. The summed E-state index contributed by atoms with van der Waals surface area (Å²) in [5, 5.41) is 14.8. The molecule has 0 spiro atoms. The molecule has 0 saturated carbocycles. The number of rotatable bonds is 3. The largest absolute Gasteiger partial charge is 0.378 e. The third-order valence-electron chi connectivity index (χ3n) is 5.60. The van der Waals surface area contributed by atoms with Gasteiger partial charge in [0.05, 0.1) is 17.1 Å². The van der Waals surface area contributed by atoms with Crippen LogP contribution in [0.4, 0.5) is 11.4 Å². The lowest BCUT2D eigenvalue weighted by molar-refractivity contribution is -0.384. The van der Waals surface area contributed by atoms with Crippen LogP contribution in [0.15, 0.2) is 42.5 Å². The summed E-state index contributed by atoms with van der Waals surface area (Å²) in [7, 11) is 0. The maximum atomic E-state index is 11.2. The van der Waals surface area contributed by atoms with Gasteiger partial charge < -0.3 is 10.1 Å². The molecule has 2 aromatic rings. The van der Waals surface area contributed by atoms with E-state index in [-0.39, 0.29) is 28.7 Å². The van der Waals surface area contributed by atoms with Crippen LogP contribution in [0.2, 0.25) is 0 Å². The van der Waals surface area contributed by atoms with E-state index in [9.17, 15) is 10.1 Å². The van der Waals surface area contributed by atoms with Crippen LogP contribution >= 0.6 is 0 Å². The molecule has 26 heavy (non-hydrogen) atoms. The smallest absolute Gasteiger partial charge is 0.269 e. The summed E-state index contributed by atoms with van der Waals surface area (Å²) in [5.41, 5.74) is 4.71. The van der Waals surface area contributed by atoms with Gasteiger partial charge in [-0.15, -0.1) is 0 Å².